The van der Waals surface area contributed by atoms with Crippen molar-refractivity contribution < 1.29 is 73.2 Å². The van der Waals surface area contributed by atoms with E-state index >= 15 is 0 Å². The van der Waals surface area contributed by atoms with Gasteiger partial charge >= 0.3 is 36.1 Å². The zero-order valence-electron chi connectivity index (χ0n) is 26.1. The molecule has 0 fully saturated rings. The summed E-state index contributed by atoms with van der Waals surface area (Å²) in [4.78, 5) is 25.1. The van der Waals surface area contributed by atoms with E-state index in [1.807, 2.05) is 0 Å². The number of aliphatic carboxylic acids is 1. The molecule has 2 amide bonds. The number of anilines is 1. The standard InChI is InChI=1S/C32H31F9N2O7/c1-2-47-26(27(44)45)20-21-8-12-23(13-9-21)48-18-16-43(17-19-49-32(40,41)30(35,36)29(33,34)31(37,38)39)28(46)42-22-10-14-25(15-11-22)50-24-6-4-3-5-7-24/h3-15,26H,2,16-20H2,1H3,(H,42,46)(H,44,45). The second-order valence-corrected chi connectivity index (χ2v) is 10.3. The number of ether oxygens (including phenoxy) is 4. The Hall–Kier alpha value is -4.71. The smallest absolute Gasteiger partial charge is 0.460 e. The average molecular weight is 727 g/mol. The van der Waals surface area contributed by atoms with Crippen LogP contribution in [0.25, 0.3) is 0 Å². The number of urea groups is 1. The molecule has 0 aliphatic heterocycles. The molecule has 3 rings (SSSR count). The zero-order valence-corrected chi connectivity index (χ0v) is 26.1. The van der Waals surface area contributed by atoms with Gasteiger partial charge in [0.25, 0.3) is 0 Å². The van der Waals surface area contributed by atoms with Gasteiger partial charge in [-0.3, -0.25) is 0 Å². The lowest BCUT2D eigenvalue weighted by Crippen LogP contribution is -2.62. The van der Waals surface area contributed by atoms with Crippen molar-refractivity contribution in [1.82, 2.24) is 4.90 Å². The second kappa shape index (κ2) is 16.8. The lowest BCUT2D eigenvalue weighted by atomic mass is 10.1. The number of halogens is 9. The van der Waals surface area contributed by atoms with E-state index in [0.29, 0.717) is 22.0 Å². The fourth-order valence-corrected chi connectivity index (χ4v) is 4.11. The number of carbonyl (C=O) groups is 2. The fraction of sp³-hybridized carbons (Fsp3) is 0.375. The maximum absolute atomic E-state index is 13.9. The van der Waals surface area contributed by atoms with Gasteiger partial charge in [-0.1, -0.05) is 30.3 Å². The second-order valence-electron chi connectivity index (χ2n) is 10.3. The zero-order chi connectivity index (χ0) is 37.2. The summed E-state index contributed by atoms with van der Waals surface area (Å²) in [5, 5.41) is 11.7. The molecule has 0 aliphatic carbocycles. The normalized spacial score (nSPS) is 13.0. The van der Waals surface area contributed by atoms with Gasteiger partial charge in [0.2, 0.25) is 0 Å². The summed E-state index contributed by atoms with van der Waals surface area (Å²) in [6.45, 7) is -1.58. The van der Waals surface area contributed by atoms with E-state index in [2.05, 4.69) is 10.1 Å². The van der Waals surface area contributed by atoms with Crippen molar-refractivity contribution in [1.29, 1.82) is 0 Å². The number of hydrogen-bond acceptors (Lipinski definition) is 6. The molecule has 1 atom stereocenters. The molecule has 0 aliphatic rings. The van der Waals surface area contributed by atoms with Gasteiger partial charge in [0.1, 0.15) is 23.9 Å². The first-order chi connectivity index (χ1) is 23.4. The number of carboxylic acid groups (broad SMARTS) is 1. The summed E-state index contributed by atoms with van der Waals surface area (Å²) in [6.07, 6.45) is -14.4. The lowest BCUT2D eigenvalue weighted by molar-refractivity contribution is -0.443. The molecule has 2 N–H and O–H groups in total. The molecule has 274 valence electrons. The van der Waals surface area contributed by atoms with Crippen LogP contribution in [0.1, 0.15) is 12.5 Å². The highest BCUT2D eigenvalue weighted by molar-refractivity contribution is 5.89. The molecule has 0 bridgehead atoms. The molecule has 0 saturated carbocycles. The largest absolute Gasteiger partial charge is 0.492 e. The van der Waals surface area contributed by atoms with Crippen LogP contribution >= 0.6 is 0 Å². The molecule has 0 spiro atoms. The number of rotatable bonds is 18. The third-order valence-corrected chi connectivity index (χ3v) is 6.75. The molecule has 0 heterocycles. The quantitative estimate of drug-likeness (QED) is 0.129. The molecule has 3 aromatic rings. The van der Waals surface area contributed by atoms with E-state index in [1.54, 1.807) is 37.3 Å². The number of benzene rings is 3. The number of hydrogen-bond donors (Lipinski definition) is 2. The van der Waals surface area contributed by atoms with Crippen LogP contribution in [0.15, 0.2) is 78.9 Å². The van der Waals surface area contributed by atoms with Gasteiger partial charge in [-0.2, -0.15) is 39.5 Å². The van der Waals surface area contributed by atoms with Crippen molar-refractivity contribution >= 4 is 17.7 Å². The molecule has 9 nitrogen and oxygen atoms in total. The van der Waals surface area contributed by atoms with Crippen LogP contribution in [0.4, 0.5) is 50.0 Å². The molecular weight excluding hydrogens is 695 g/mol. The highest BCUT2D eigenvalue weighted by Crippen LogP contribution is 2.53. The predicted molar refractivity (Wildman–Crippen MR) is 159 cm³/mol. The summed E-state index contributed by atoms with van der Waals surface area (Å²) in [7, 11) is 0. The first-order valence-electron chi connectivity index (χ1n) is 14.7. The Labute approximate surface area is 279 Å². The maximum atomic E-state index is 13.9. The van der Waals surface area contributed by atoms with E-state index in [1.165, 1.54) is 48.5 Å². The van der Waals surface area contributed by atoms with Gasteiger partial charge in [-0.25, -0.2) is 9.59 Å². The highest BCUT2D eigenvalue weighted by atomic mass is 19.4. The van der Waals surface area contributed by atoms with Crippen LogP contribution in [0.2, 0.25) is 0 Å². The number of alkyl halides is 9. The van der Waals surface area contributed by atoms with Crippen molar-refractivity contribution in [2.75, 3.05) is 38.2 Å². The molecule has 0 aromatic heterocycles. The molecule has 3 aromatic carbocycles. The molecule has 18 heteroatoms. The predicted octanol–water partition coefficient (Wildman–Crippen LogP) is 7.87. The van der Waals surface area contributed by atoms with Crippen LogP contribution in [-0.4, -0.2) is 85.2 Å². The Morgan fingerprint density at radius 3 is 1.88 bits per heavy atom. The van der Waals surface area contributed by atoms with Crippen LogP contribution in [0.3, 0.4) is 0 Å². The van der Waals surface area contributed by atoms with Gasteiger partial charge < -0.3 is 34.3 Å². The third-order valence-electron chi connectivity index (χ3n) is 6.75. The Morgan fingerprint density at radius 1 is 0.760 bits per heavy atom. The van der Waals surface area contributed by atoms with E-state index in [9.17, 15) is 54.2 Å². The Kier molecular flexibility index (Phi) is 13.3. The topological polar surface area (TPSA) is 107 Å². The van der Waals surface area contributed by atoms with Crippen molar-refractivity contribution in [3.63, 3.8) is 0 Å². The SMILES string of the molecule is CCOC(Cc1ccc(OCCN(CCOC(F)(F)C(F)(F)C(F)(F)C(F)(F)F)C(=O)Nc2ccc(Oc3ccccc3)cc2)cc1)C(=O)O. The Morgan fingerprint density at radius 2 is 1.32 bits per heavy atom. The lowest BCUT2D eigenvalue weighted by Gasteiger charge is -2.33. The monoisotopic (exact) mass is 726 g/mol. The number of para-hydroxylation sites is 1. The summed E-state index contributed by atoms with van der Waals surface area (Å²) >= 11 is 0. The van der Waals surface area contributed by atoms with E-state index in [4.69, 9.17) is 14.2 Å². The number of nitrogens with one attached hydrogen (secondary N) is 1. The van der Waals surface area contributed by atoms with Crippen LogP contribution < -0.4 is 14.8 Å². The van der Waals surface area contributed by atoms with Gasteiger partial charge in [-0.05, 0) is 61.0 Å². The van der Waals surface area contributed by atoms with Crippen molar-refractivity contribution in [2.45, 2.75) is 43.6 Å². The minimum Gasteiger partial charge on any atom is -0.492 e. The third kappa shape index (κ3) is 10.4. The van der Waals surface area contributed by atoms with Gasteiger partial charge in [0.05, 0.1) is 13.2 Å². The van der Waals surface area contributed by atoms with Crippen LogP contribution in [0.5, 0.6) is 17.2 Å². The van der Waals surface area contributed by atoms with E-state index in [0.717, 1.165) is 0 Å². The van der Waals surface area contributed by atoms with Crippen LogP contribution in [0, 0.1) is 0 Å². The molecule has 0 saturated heterocycles. The van der Waals surface area contributed by atoms with Gasteiger partial charge in [0.15, 0.2) is 6.10 Å². The minimum atomic E-state index is -7.14. The number of carbonyl (C=O) groups excluding carboxylic acids is 1. The highest BCUT2D eigenvalue weighted by Gasteiger charge is 2.82. The first-order valence-corrected chi connectivity index (χ1v) is 14.7. The summed E-state index contributed by atoms with van der Waals surface area (Å²) in [5.74, 6) is -14.2. The van der Waals surface area contributed by atoms with Crippen molar-refractivity contribution in [2.24, 2.45) is 0 Å². The molecule has 1 unspecified atom stereocenters. The number of nitrogens with zero attached hydrogens (tertiary/aromatic N) is 1. The number of amides is 2. The summed E-state index contributed by atoms with van der Waals surface area (Å²) in [5.41, 5.74) is 0.719. The molecule has 0 radical (unpaired) electrons. The Balaban J connectivity index is 1.68. The first kappa shape index (κ1) is 39.7. The molecule has 50 heavy (non-hydrogen) atoms. The van der Waals surface area contributed by atoms with E-state index < -0.39 is 61.9 Å². The summed E-state index contributed by atoms with van der Waals surface area (Å²) in [6, 6.07) is 19.3. The van der Waals surface area contributed by atoms with Crippen LogP contribution in [-0.2, 0) is 20.7 Å². The van der Waals surface area contributed by atoms with Crippen molar-refractivity contribution in [3.05, 3.63) is 84.4 Å². The molecular formula is C32H31F9N2O7. The Bertz CT molecular complexity index is 1530. The maximum Gasteiger partial charge on any atom is 0.460 e. The fourth-order valence-electron chi connectivity index (χ4n) is 4.11. The van der Waals surface area contributed by atoms with Gasteiger partial charge in [0, 0.05) is 25.3 Å². The summed E-state index contributed by atoms with van der Waals surface area (Å²) < 4.78 is 139. The average Bonchev–Trinajstić information content (AvgIpc) is 3.05. The minimum absolute atomic E-state index is 0.0370. The van der Waals surface area contributed by atoms with Gasteiger partial charge in [-0.15, -0.1) is 0 Å². The van der Waals surface area contributed by atoms with E-state index in [-0.39, 0.29) is 31.1 Å². The number of carboxylic acids is 1. The van der Waals surface area contributed by atoms with Crippen molar-refractivity contribution in [3.8, 4) is 17.2 Å².